The maximum absolute atomic E-state index is 14.2. The average Bonchev–Trinajstić information content (AvgIpc) is 4.02. The molecule has 3 aliphatic heterocycles. The van der Waals surface area contributed by atoms with Gasteiger partial charge in [0.2, 0.25) is 30.8 Å². The fourth-order valence-electron chi connectivity index (χ4n) is 10.1. The first-order chi connectivity index (χ1) is 37.6. The Morgan fingerprint density at radius 3 is 2.22 bits per heavy atom. The number of carbonyl (C=O) groups excluding carboxylic acids is 3. The van der Waals surface area contributed by atoms with Crippen molar-refractivity contribution >= 4 is 48.6 Å². The quantitative estimate of drug-likeness (QED) is 0.0182. The highest BCUT2D eigenvalue weighted by Gasteiger charge is 2.43. The number of amides is 2. The van der Waals surface area contributed by atoms with Crippen molar-refractivity contribution in [2.45, 2.75) is 117 Å². The second-order valence-corrected chi connectivity index (χ2v) is 22.6. The van der Waals surface area contributed by atoms with Crippen LogP contribution in [0, 0.1) is 11.3 Å². The van der Waals surface area contributed by atoms with Gasteiger partial charge in [-0.25, -0.2) is 14.4 Å². The Morgan fingerprint density at radius 2 is 1.53 bits per heavy atom. The third-order valence-corrected chi connectivity index (χ3v) is 15.2. The van der Waals surface area contributed by atoms with Crippen LogP contribution in [0.3, 0.4) is 0 Å². The van der Waals surface area contributed by atoms with Gasteiger partial charge in [-0.05, 0) is 137 Å². The number of hydrogen-bond acceptors (Lipinski definition) is 13. The molecule has 5 heterocycles. The molecule has 4 aromatic carbocycles. The fraction of sp³-hybridized carbons (Fsp3) is 0.433. The molecular weight excluding hydrogens is 1020 g/mol. The smallest absolute Gasteiger partial charge is 0.410 e. The molecule has 18 heteroatoms. The first-order valence-electron chi connectivity index (χ1n) is 26.8. The summed E-state index contributed by atoms with van der Waals surface area (Å²) in [6.45, 7) is 17.3. The van der Waals surface area contributed by atoms with Gasteiger partial charge in [0.15, 0.2) is 0 Å². The van der Waals surface area contributed by atoms with Crippen molar-refractivity contribution in [3.8, 4) is 11.5 Å². The van der Waals surface area contributed by atoms with E-state index in [2.05, 4.69) is 29.0 Å². The summed E-state index contributed by atoms with van der Waals surface area (Å²) in [5, 5.41) is 3.87. The number of nitrogens with zero attached hydrogens (tertiary/aromatic N) is 2. The maximum atomic E-state index is 14.2. The molecule has 2 amide bonds. The number of esters is 1. The molecular formula is C60H72N4O12Si2. The summed E-state index contributed by atoms with van der Waals surface area (Å²) in [4.78, 5) is 60.9. The van der Waals surface area contributed by atoms with Gasteiger partial charge in [-0.3, -0.25) is 9.69 Å². The van der Waals surface area contributed by atoms with Crippen LogP contribution in [0.25, 0.3) is 10.9 Å². The van der Waals surface area contributed by atoms with Crippen LogP contribution in [0.1, 0.15) is 111 Å². The number of rotatable bonds is 25. The van der Waals surface area contributed by atoms with E-state index < -0.39 is 47.4 Å². The van der Waals surface area contributed by atoms with Gasteiger partial charge >= 0.3 is 18.2 Å². The molecule has 2 N–H and O–H groups in total. The van der Waals surface area contributed by atoms with E-state index in [4.69, 9.17) is 37.0 Å². The highest BCUT2D eigenvalue weighted by Crippen LogP contribution is 2.45. The Morgan fingerprint density at radius 1 is 0.808 bits per heavy atom. The minimum Gasteiger partial charge on any atom is -0.487 e. The van der Waals surface area contributed by atoms with Gasteiger partial charge in [-0.2, -0.15) is 0 Å². The topological polar surface area (TPSA) is 180 Å². The van der Waals surface area contributed by atoms with E-state index in [1.807, 2.05) is 131 Å². The number of carbonyl (C=O) groups is 3. The zero-order chi connectivity index (χ0) is 55.2. The number of aromatic amines is 1. The first kappa shape index (κ1) is 57.5. The number of pyridine rings is 1. The molecule has 9 rings (SSSR count). The minimum atomic E-state index is -0.787. The number of H-pyrrole nitrogens is 1. The standard InChI is InChI=1S/C60H72N4O12Si2/c1-59(2,3)74-58(68)64(36-48(60(4,5)56(75-77-6)76-78-7)46-24-27-49(54-47(46)25-28-52(65)61-54)71-38-40-17-10-8-11-18-40)31-14-15-34-69-55(66)50-26-23-45(72-50)39-70-44-22-16-21-43(35-44)53(42-19-12-9-13-20-42)62-57(67)73-51-37-63-32-29-41(51)30-33-63/h8-13,16-28,35,41,48,51,53,56H,14-15,29-34,36-39H2,1-7H3,(H,61,65)(H,62,67)/t48-,51+,53?/m1/s1. The van der Waals surface area contributed by atoms with E-state index in [9.17, 15) is 19.2 Å². The molecule has 0 saturated carbocycles. The molecule has 16 nitrogen and oxygen atoms in total. The summed E-state index contributed by atoms with van der Waals surface area (Å²) in [5.74, 6) is 0.852. The molecule has 4 radical (unpaired) electrons. The zero-order valence-corrected chi connectivity index (χ0v) is 47.7. The van der Waals surface area contributed by atoms with Crippen molar-refractivity contribution in [2.24, 2.45) is 11.3 Å². The molecule has 3 saturated heterocycles. The van der Waals surface area contributed by atoms with Crippen molar-refractivity contribution in [3.05, 3.63) is 165 Å². The SMILES string of the molecule is C[Si]OC(O[Si]C)C(C)(C)[C@H](CN(CCCCOC(=O)c1ccc(COc2cccc(C(NC(=O)O[C@H]3CN4CCC3CC4)c3ccccc3)c2)o1)C(=O)OC(C)(C)C)c1ccc(OCc2ccccc2)c2[nH]c(=O)ccc12. The lowest BCUT2D eigenvalue weighted by molar-refractivity contribution is -0.0939. The number of fused-ring (bicyclic) bond motifs is 4. The van der Waals surface area contributed by atoms with Crippen molar-refractivity contribution in [3.63, 3.8) is 0 Å². The predicted octanol–water partition coefficient (Wildman–Crippen LogP) is 10.9. The number of ether oxygens (including phenoxy) is 5. The first-order valence-corrected chi connectivity index (χ1v) is 29.6. The van der Waals surface area contributed by atoms with Gasteiger partial charge in [-0.1, -0.05) is 92.7 Å². The lowest BCUT2D eigenvalue weighted by Crippen LogP contribution is -2.52. The van der Waals surface area contributed by atoms with Crippen molar-refractivity contribution < 1.29 is 51.3 Å². The largest absolute Gasteiger partial charge is 0.487 e. The summed E-state index contributed by atoms with van der Waals surface area (Å²) in [7, 11) is 0.265. The molecule has 3 fully saturated rings. The molecule has 0 spiro atoms. The molecule has 2 bridgehead atoms. The maximum Gasteiger partial charge on any atom is 0.410 e. The Bertz CT molecular complexity index is 2970. The number of aromatic nitrogens is 1. The number of hydrogen-bond donors (Lipinski definition) is 2. The van der Waals surface area contributed by atoms with Gasteiger partial charge in [0.05, 0.1) is 18.2 Å². The molecule has 2 aromatic heterocycles. The van der Waals surface area contributed by atoms with Crippen molar-refractivity contribution in [1.29, 1.82) is 0 Å². The summed E-state index contributed by atoms with van der Waals surface area (Å²) >= 11 is 0. The van der Waals surface area contributed by atoms with Gasteiger partial charge in [-0.15, -0.1) is 0 Å². The highest BCUT2D eigenvalue weighted by molar-refractivity contribution is 6.26. The molecule has 412 valence electrons. The number of furan rings is 1. The van der Waals surface area contributed by atoms with Gasteiger partial charge in [0, 0.05) is 42.4 Å². The Balaban J connectivity index is 0.908. The van der Waals surface area contributed by atoms with Crippen LogP contribution in [-0.2, 0) is 36.3 Å². The van der Waals surface area contributed by atoms with Gasteiger partial charge in [0.1, 0.15) is 48.5 Å². The number of unbranched alkanes of at least 4 members (excludes halogenated alkanes) is 1. The summed E-state index contributed by atoms with van der Waals surface area (Å²) in [6, 6.07) is 36.9. The molecule has 6 aromatic rings. The monoisotopic (exact) mass is 1100 g/mol. The van der Waals surface area contributed by atoms with Crippen LogP contribution < -0.4 is 20.3 Å². The van der Waals surface area contributed by atoms with Crippen LogP contribution in [0.15, 0.2) is 131 Å². The van der Waals surface area contributed by atoms with E-state index in [1.54, 1.807) is 23.1 Å². The lowest BCUT2D eigenvalue weighted by Gasteiger charge is -2.43. The van der Waals surface area contributed by atoms with Crippen molar-refractivity contribution in [1.82, 2.24) is 20.1 Å². The van der Waals surface area contributed by atoms with Crippen LogP contribution in [-0.4, -0.2) is 110 Å². The van der Waals surface area contributed by atoms with Gasteiger partial charge in [0.25, 0.3) is 0 Å². The fourth-order valence-corrected chi connectivity index (χ4v) is 11.4. The van der Waals surface area contributed by atoms with E-state index in [1.165, 1.54) is 6.07 Å². The van der Waals surface area contributed by atoms with Crippen LogP contribution in [0.5, 0.6) is 11.5 Å². The molecule has 3 aliphatic rings. The Hall–Kier alpha value is -6.71. The third kappa shape index (κ3) is 15.3. The van der Waals surface area contributed by atoms with E-state index in [-0.39, 0.29) is 63.3 Å². The average molecular weight is 1100 g/mol. The normalized spacial score (nSPS) is 17.1. The predicted molar refractivity (Wildman–Crippen MR) is 299 cm³/mol. The molecule has 78 heavy (non-hydrogen) atoms. The molecule has 3 atom stereocenters. The zero-order valence-electron chi connectivity index (χ0n) is 45.7. The number of benzene rings is 4. The Kier molecular flexibility index (Phi) is 19.7. The molecule has 0 aliphatic carbocycles. The number of nitrogens with one attached hydrogen (secondary N) is 2. The van der Waals surface area contributed by atoms with Gasteiger partial charge < -0.3 is 52.2 Å². The van der Waals surface area contributed by atoms with E-state index >= 15 is 0 Å². The lowest BCUT2D eigenvalue weighted by atomic mass is 9.73. The minimum absolute atomic E-state index is 0.0297. The number of alkyl carbamates (subject to hydrolysis) is 1. The van der Waals surface area contributed by atoms with Crippen LogP contribution in [0.2, 0.25) is 13.1 Å². The van der Waals surface area contributed by atoms with Crippen LogP contribution in [0.4, 0.5) is 9.59 Å². The van der Waals surface area contributed by atoms with E-state index in [0.29, 0.717) is 48.1 Å². The number of piperidine rings is 3. The summed E-state index contributed by atoms with van der Waals surface area (Å²) in [5.41, 5.74) is 2.29. The van der Waals surface area contributed by atoms with Crippen molar-refractivity contribution in [2.75, 3.05) is 39.3 Å². The van der Waals surface area contributed by atoms with Crippen LogP contribution >= 0.6 is 0 Å². The summed E-state index contributed by atoms with van der Waals surface area (Å²) in [6.07, 6.45) is 1.27. The summed E-state index contributed by atoms with van der Waals surface area (Å²) < 4.78 is 48.7. The third-order valence-electron chi connectivity index (χ3n) is 14.3. The Labute approximate surface area is 462 Å². The highest BCUT2D eigenvalue weighted by atomic mass is 28.2. The molecule has 1 unspecified atom stereocenters. The second-order valence-electron chi connectivity index (χ2n) is 21.4. The second kappa shape index (κ2) is 26.8. The van der Waals surface area contributed by atoms with E-state index in [0.717, 1.165) is 60.1 Å².